The van der Waals surface area contributed by atoms with Crippen LogP contribution in [-0.4, -0.2) is 51.8 Å². The number of hydrogen-bond donors (Lipinski definition) is 0. The first kappa shape index (κ1) is 26.4. The Morgan fingerprint density at radius 2 is 1.58 bits per heavy atom. The van der Waals surface area contributed by atoms with Gasteiger partial charge >= 0.3 is 5.97 Å². The molecule has 1 saturated heterocycles. The first-order chi connectivity index (χ1) is 14.5. The summed E-state index contributed by atoms with van der Waals surface area (Å²) in [5.74, 6) is -0.332. The molecule has 0 unspecified atom stereocenters. The van der Waals surface area contributed by atoms with E-state index < -0.39 is 14.4 Å². The van der Waals surface area contributed by atoms with Crippen LogP contribution in [0.1, 0.15) is 54.0 Å². The average Bonchev–Trinajstić information content (AvgIpc) is 2.98. The van der Waals surface area contributed by atoms with E-state index in [9.17, 15) is 4.79 Å². The fraction of sp³-hybridized carbons (Fsp3) is 0.708. The summed E-state index contributed by atoms with van der Waals surface area (Å²) in [6.45, 7) is 17.5. The molecule has 7 heteroatoms. The molecule has 1 fully saturated rings. The van der Waals surface area contributed by atoms with Gasteiger partial charge in [-0.1, -0.05) is 71.0 Å². The van der Waals surface area contributed by atoms with Crippen molar-refractivity contribution >= 4 is 26.0 Å². The topological polar surface area (TPSA) is 54.0 Å². The maximum absolute atomic E-state index is 11.9. The predicted molar refractivity (Wildman–Crippen MR) is 129 cm³/mol. The van der Waals surface area contributed by atoms with Gasteiger partial charge in [-0.2, -0.15) is 0 Å². The van der Waals surface area contributed by atoms with Gasteiger partial charge in [-0.15, -0.1) is 0 Å². The summed E-state index contributed by atoms with van der Waals surface area (Å²) in [5, 5.41) is 0. The number of thioether (sulfide) groups is 1. The molecule has 1 aromatic carbocycles. The monoisotopic (exact) mass is 468 g/mol. The Morgan fingerprint density at radius 1 is 1.03 bits per heavy atom. The summed E-state index contributed by atoms with van der Waals surface area (Å²) in [5.41, 5.74) is 2.34. The third-order valence-electron chi connectivity index (χ3n) is 6.32. The highest BCUT2D eigenvalue weighted by Gasteiger charge is 2.51. The highest BCUT2D eigenvalue weighted by atomic mass is 32.2. The minimum absolute atomic E-state index is 0.279. The van der Waals surface area contributed by atoms with Gasteiger partial charge in [0.2, 0.25) is 0 Å². The zero-order valence-electron chi connectivity index (χ0n) is 20.5. The van der Waals surface area contributed by atoms with Gasteiger partial charge in [0, 0.05) is 18.9 Å². The molecule has 1 aliphatic rings. The Kier molecular flexibility index (Phi) is 9.64. The second-order valence-electron chi connectivity index (χ2n) is 9.38. The minimum atomic E-state index is -2.07. The Balaban J connectivity index is 2.24. The molecule has 2 rings (SSSR count). The van der Waals surface area contributed by atoms with Crippen LogP contribution in [0.5, 0.6) is 0 Å². The van der Waals surface area contributed by atoms with Gasteiger partial charge in [0.05, 0.1) is 6.61 Å². The SMILES string of the molecule is CO[C@@H]1[C@H](OC(C)=O)[C@@H](CO[Si](C(C)C)(C(C)C)C(C)C)O[C@H]1Sc1ccc(C)cc1. The van der Waals surface area contributed by atoms with Gasteiger partial charge in [0.25, 0.3) is 0 Å². The molecule has 5 nitrogen and oxygen atoms in total. The van der Waals surface area contributed by atoms with Crippen LogP contribution in [0.25, 0.3) is 0 Å². The van der Waals surface area contributed by atoms with E-state index in [0.717, 1.165) is 4.90 Å². The van der Waals surface area contributed by atoms with Crippen molar-refractivity contribution in [3.8, 4) is 0 Å². The first-order valence-electron chi connectivity index (χ1n) is 11.3. The number of methoxy groups -OCH3 is 1. The van der Waals surface area contributed by atoms with E-state index in [0.29, 0.717) is 23.2 Å². The van der Waals surface area contributed by atoms with Crippen molar-refractivity contribution in [3.05, 3.63) is 29.8 Å². The van der Waals surface area contributed by atoms with Gasteiger partial charge in [0.1, 0.15) is 17.6 Å². The predicted octanol–water partition coefficient (Wildman–Crippen LogP) is 5.95. The Bertz CT molecular complexity index is 685. The summed E-state index contributed by atoms with van der Waals surface area (Å²) in [6.07, 6.45) is -1.22. The molecular formula is C24H40O5SSi. The standard InChI is InChI=1S/C24H40O5SSi/c1-15(2)31(16(3)4,17(5)6)27-14-21-22(28-19(8)25)23(26-9)24(29-21)30-20-12-10-18(7)11-13-20/h10-13,15-17,21-24H,14H2,1-9H3/t21-,22-,23-,24+/m1/s1. The highest BCUT2D eigenvalue weighted by Crippen LogP contribution is 2.44. The van der Waals surface area contributed by atoms with Gasteiger partial charge in [-0.25, -0.2) is 0 Å². The fourth-order valence-corrected chi connectivity index (χ4v) is 11.6. The molecule has 0 radical (unpaired) electrons. The van der Waals surface area contributed by atoms with Crippen LogP contribution in [0.3, 0.4) is 0 Å². The number of carbonyl (C=O) groups is 1. The smallest absolute Gasteiger partial charge is 0.303 e. The lowest BCUT2D eigenvalue weighted by Crippen LogP contribution is -2.50. The van der Waals surface area contributed by atoms with Crippen LogP contribution in [-0.2, 0) is 23.4 Å². The summed E-state index contributed by atoms with van der Waals surface area (Å²) in [4.78, 5) is 13.0. The lowest BCUT2D eigenvalue weighted by Gasteiger charge is -2.43. The van der Waals surface area contributed by atoms with E-state index >= 15 is 0 Å². The number of aryl methyl sites for hydroxylation is 1. The van der Waals surface area contributed by atoms with Crippen molar-refractivity contribution in [2.45, 2.75) is 101 Å². The van der Waals surface area contributed by atoms with Gasteiger partial charge in [-0.3, -0.25) is 4.79 Å². The van der Waals surface area contributed by atoms with Crippen molar-refractivity contribution in [2.75, 3.05) is 13.7 Å². The second-order valence-corrected chi connectivity index (χ2v) is 16.0. The average molecular weight is 469 g/mol. The Morgan fingerprint density at radius 3 is 2.03 bits per heavy atom. The van der Waals surface area contributed by atoms with Crippen molar-refractivity contribution in [3.63, 3.8) is 0 Å². The van der Waals surface area contributed by atoms with Crippen LogP contribution in [0, 0.1) is 6.92 Å². The third kappa shape index (κ3) is 6.14. The van der Waals surface area contributed by atoms with Crippen molar-refractivity contribution in [2.24, 2.45) is 0 Å². The molecule has 0 amide bonds. The van der Waals surface area contributed by atoms with E-state index in [4.69, 9.17) is 18.6 Å². The summed E-state index contributed by atoms with van der Waals surface area (Å²) >= 11 is 1.60. The summed E-state index contributed by atoms with van der Waals surface area (Å²) in [7, 11) is -0.423. The Hall–Kier alpha value is -0.863. The minimum Gasteiger partial charge on any atom is -0.457 e. The van der Waals surface area contributed by atoms with Crippen molar-refractivity contribution < 1.29 is 23.4 Å². The van der Waals surface area contributed by atoms with Gasteiger partial charge < -0.3 is 18.6 Å². The molecule has 1 aromatic rings. The molecule has 0 spiro atoms. The first-order valence-corrected chi connectivity index (χ1v) is 14.3. The van der Waals surface area contributed by atoms with Crippen molar-refractivity contribution in [1.82, 2.24) is 0 Å². The van der Waals surface area contributed by atoms with Gasteiger partial charge in [0.15, 0.2) is 14.4 Å². The third-order valence-corrected chi connectivity index (χ3v) is 13.6. The number of ether oxygens (including phenoxy) is 3. The van der Waals surface area contributed by atoms with Gasteiger partial charge in [-0.05, 0) is 35.7 Å². The quantitative estimate of drug-likeness (QED) is 0.312. The van der Waals surface area contributed by atoms with Crippen molar-refractivity contribution in [1.29, 1.82) is 0 Å². The van der Waals surface area contributed by atoms with E-state index in [2.05, 4.69) is 72.7 Å². The van der Waals surface area contributed by atoms with Crippen LogP contribution in [0.15, 0.2) is 29.2 Å². The van der Waals surface area contributed by atoms with Crippen LogP contribution in [0.2, 0.25) is 16.6 Å². The highest BCUT2D eigenvalue weighted by molar-refractivity contribution is 7.99. The second kappa shape index (κ2) is 11.3. The number of rotatable bonds is 10. The number of esters is 1. The van der Waals surface area contributed by atoms with E-state index in [1.54, 1.807) is 18.9 Å². The molecular weight excluding hydrogens is 428 g/mol. The molecule has 1 aliphatic heterocycles. The Labute approximate surface area is 193 Å². The molecule has 176 valence electrons. The zero-order valence-corrected chi connectivity index (χ0v) is 22.3. The number of hydrogen-bond acceptors (Lipinski definition) is 6. The van der Waals surface area contributed by atoms with Crippen LogP contribution in [0.4, 0.5) is 0 Å². The molecule has 4 atom stereocenters. The molecule has 0 bridgehead atoms. The lowest BCUT2D eigenvalue weighted by atomic mass is 10.1. The fourth-order valence-electron chi connectivity index (χ4n) is 4.98. The van der Waals surface area contributed by atoms with Crippen LogP contribution < -0.4 is 0 Å². The van der Waals surface area contributed by atoms with E-state index in [-0.39, 0.29) is 23.6 Å². The molecule has 1 heterocycles. The maximum Gasteiger partial charge on any atom is 0.303 e. The molecule has 0 saturated carbocycles. The molecule has 0 N–H and O–H groups in total. The lowest BCUT2D eigenvalue weighted by molar-refractivity contribution is -0.154. The number of carbonyl (C=O) groups excluding carboxylic acids is 1. The maximum atomic E-state index is 11.9. The van der Waals surface area contributed by atoms with Crippen LogP contribution >= 0.6 is 11.8 Å². The molecule has 31 heavy (non-hydrogen) atoms. The van der Waals surface area contributed by atoms with E-state index in [1.807, 2.05) is 0 Å². The number of benzene rings is 1. The summed E-state index contributed by atoms with van der Waals surface area (Å²) < 4.78 is 24.6. The zero-order chi connectivity index (χ0) is 23.3. The molecule has 0 aromatic heterocycles. The summed E-state index contributed by atoms with van der Waals surface area (Å²) in [6, 6.07) is 8.32. The molecule has 0 aliphatic carbocycles. The van der Waals surface area contributed by atoms with E-state index in [1.165, 1.54) is 12.5 Å². The largest absolute Gasteiger partial charge is 0.457 e. The normalized spacial score (nSPS) is 24.4.